The van der Waals surface area contributed by atoms with Gasteiger partial charge in [0.15, 0.2) is 0 Å². The van der Waals surface area contributed by atoms with E-state index in [1.165, 1.54) is 0 Å². The first-order chi connectivity index (χ1) is 6.10. The molecule has 0 aromatic rings. The van der Waals surface area contributed by atoms with Crippen LogP contribution >= 0.6 is 0 Å². The maximum atomic E-state index is 10.2. The molecule has 13 heavy (non-hydrogen) atoms. The van der Waals surface area contributed by atoms with Crippen molar-refractivity contribution in [1.29, 1.82) is 0 Å². The van der Waals surface area contributed by atoms with Gasteiger partial charge in [0.05, 0.1) is 11.7 Å². The Labute approximate surface area is 82.0 Å². The molecule has 0 fully saturated rings. The van der Waals surface area contributed by atoms with Crippen LogP contribution < -0.4 is 0 Å². The zero-order chi connectivity index (χ0) is 10.3. The summed E-state index contributed by atoms with van der Waals surface area (Å²) in [4.78, 5) is 0. The predicted octanol–water partition coefficient (Wildman–Crippen LogP) is 2.48. The number of rotatable bonds is 7. The van der Waals surface area contributed by atoms with E-state index in [0.29, 0.717) is 12.8 Å². The van der Waals surface area contributed by atoms with E-state index >= 15 is 0 Å². The van der Waals surface area contributed by atoms with Crippen LogP contribution in [0.4, 0.5) is 0 Å². The number of unbranched alkanes of at least 4 members (excludes halogenated alkanes) is 1. The van der Waals surface area contributed by atoms with E-state index in [9.17, 15) is 10.2 Å². The summed E-state index contributed by atoms with van der Waals surface area (Å²) < 4.78 is 0. The maximum absolute atomic E-state index is 10.2. The summed E-state index contributed by atoms with van der Waals surface area (Å²) in [6.07, 6.45) is 4.51. The molecule has 2 heteroatoms. The lowest BCUT2D eigenvalue weighted by Gasteiger charge is -2.32. The molecule has 0 rings (SSSR count). The van der Waals surface area contributed by atoms with E-state index < -0.39 is 11.7 Å². The molecule has 80 valence electrons. The summed E-state index contributed by atoms with van der Waals surface area (Å²) in [7, 11) is 0. The van der Waals surface area contributed by atoms with Crippen molar-refractivity contribution in [1.82, 2.24) is 0 Å². The normalized spacial score (nSPS) is 18.2. The molecule has 0 aromatic heterocycles. The summed E-state index contributed by atoms with van der Waals surface area (Å²) in [5.74, 6) is 0. The highest BCUT2D eigenvalue weighted by Gasteiger charge is 2.32. The summed E-state index contributed by atoms with van der Waals surface area (Å²) in [6, 6.07) is 0. The molecule has 2 atom stereocenters. The molecule has 2 N–H and O–H groups in total. The predicted molar refractivity (Wildman–Crippen MR) is 55.7 cm³/mol. The highest BCUT2D eigenvalue weighted by atomic mass is 16.3. The lowest BCUT2D eigenvalue weighted by molar-refractivity contribution is -0.0882. The second kappa shape index (κ2) is 6.39. The molecule has 0 aromatic carbocycles. The molecule has 0 radical (unpaired) electrons. The van der Waals surface area contributed by atoms with Gasteiger partial charge < -0.3 is 10.2 Å². The van der Waals surface area contributed by atoms with Crippen LogP contribution in [0.3, 0.4) is 0 Å². The molecule has 0 aliphatic carbocycles. The van der Waals surface area contributed by atoms with E-state index in [-0.39, 0.29) is 0 Å². The van der Waals surface area contributed by atoms with Crippen LogP contribution in [-0.2, 0) is 0 Å². The van der Waals surface area contributed by atoms with Crippen molar-refractivity contribution in [2.75, 3.05) is 0 Å². The van der Waals surface area contributed by atoms with Gasteiger partial charge in [0.1, 0.15) is 0 Å². The van der Waals surface area contributed by atoms with Crippen LogP contribution in [0.5, 0.6) is 0 Å². The van der Waals surface area contributed by atoms with Crippen molar-refractivity contribution < 1.29 is 10.2 Å². The molecule has 0 saturated heterocycles. The van der Waals surface area contributed by atoms with E-state index in [0.717, 1.165) is 25.7 Å². The fraction of sp³-hybridized carbons (Fsp3) is 1.00. The van der Waals surface area contributed by atoms with Gasteiger partial charge in [-0.2, -0.15) is 0 Å². The van der Waals surface area contributed by atoms with Gasteiger partial charge in [-0.1, -0.05) is 40.0 Å². The van der Waals surface area contributed by atoms with Gasteiger partial charge in [0.25, 0.3) is 0 Å². The highest BCUT2D eigenvalue weighted by molar-refractivity contribution is 4.85. The minimum Gasteiger partial charge on any atom is -0.390 e. The Morgan fingerprint density at radius 2 is 1.69 bits per heavy atom. The van der Waals surface area contributed by atoms with E-state index in [2.05, 4.69) is 6.92 Å². The van der Waals surface area contributed by atoms with Crippen molar-refractivity contribution in [3.63, 3.8) is 0 Å². The van der Waals surface area contributed by atoms with Crippen molar-refractivity contribution in [3.05, 3.63) is 0 Å². The van der Waals surface area contributed by atoms with Crippen LogP contribution in [-0.4, -0.2) is 21.9 Å². The number of aliphatic hydroxyl groups is 2. The topological polar surface area (TPSA) is 40.5 Å². The van der Waals surface area contributed by atoms with Gasteiger partial charge in [0.2, 0.25) is 0 Å². The van der Waals surface area contributed by atoms with Gasteiger partial charge in [-0.3, -0.25) is 0 Å². The van der Waals surface area contributed by atoms with Crippen molar-refractivity contribution in [3.8, 4) is 0 Å². The molecule has 0 aliphatic rings. The lowest BCUT2D eigenvalue weighted by Crippen LogP contribution is -2.41. The van der Waals surface area contributed by atoms with Gasteiger partial charge >= 0.3 is 0 Å². The van der Waals surface area contributed by atoms with Crippen LogP contribution in [0.1, 0.15) is 59.3 Å². The van der Waals surface area contributed by atoms with Crippen molar-refractivity contribution in [2.24, 2.45) is 0 Å². The monoisotopic (exact) mass is 188 g/mol. The third-order valence-electron chi connectivity index (χ3n) is 2.65. The average molecular weight is 188 g/mol. The highest BCUT2D eigenvalue weighted by Crippen LogP contribution is 2.26. The Balaban J connectivity index is 4.14. The first-order valence-corrected chi connectivity index (χ1v) is 5.51. The third-order valence-corrected chi connectivity index (χ3v) is 2.65. The van der Waals surface area contributed by atoms with Crippen LogP contribution in [0.25, 0.3) is 0 Å². The van der Waals surface area contributed by atoms with Gasteiger partial charge in [0, 0.05) is 0 Å². The molecule has 0 amide bonds. The zero-order valence-electron chi connectivity index (χ0n) is 9.21. The van der Waals surface area contributed by atoms with Crippen molar-refractivity contribution in [2.45, 2.75) is 71.0 Å². The SMILES string of the molecule is CCCCC(O)(CCC)C(O)CC. The molecule has 0 aliphatic heterocycles. The molecule has 0 bridgehead atoms. The second-order valence-corrected chi connectivity index (χ2v) is 3.88. The number of hydrogen-bond acceptors (Lipinski definition) is 2. The molecular formula is C11H24O2. The van der Waals surface area contributed by atoms with E-state index in [1.54, 1.807) is 0 Å². The average Bonchev–Trinajstić information content (AvgIpc) is 2.14. The zero-order valence-corrected chi connectivity index (χ0v) is 9.21. The Morgan fingerprint density at radius 1 is 1.08 bits per heavy atom. The smallest absolute Gasteiger partial charge is 0.0905 e. The Hall–Kier alpha value is -0.0800. The minimum absolute atomic E-state index is 0.556. The quantitative estimate of drug-likeness (QED) is 0.644. The van der Waals surface area contributed by atoms with Gasteiger partial charge in [-0.25, -0.2) is 0 Å². The molecule has 0 saturated carbocycles. The first kappa shape index (κ1) is 12.9. The summed E-state index contributed by atoms with van der Waals surface area (Å²) in [6.45, 7) is 6.06. The lowest BCUT2D eigenvalue weighted by atomic mass is 9.85. The fourth-order valence-corrected chi connectivity index (χ4v) is 1.75. The maximum Gasteiger partial charge on any atom is 0.0905 e. The summed E-state index contributed by atoms with van der Waals surface area (Å²) >= 11 is 0. The van der Waals surface area contributed by atoms with Crippen LogP contribution in [0.2, 0.25) is 0 Å². The Bertz CT molecular complexity index is 125. The van der Waals surface area contributed by atoms with Crippen LogP contribution in [0, 0.1) is 0 Å². The van der Waals surface area contributed by atoms with Gasteiger partial charge in [-0.05, 0) is 19.3 Å². The van der Waals surface area contributed by atoms with Crippen LogP contribution in [0.15, 0.2) is 0 Å². The molecule has 0 heterocycles. The third kappa shape index (κ3) is 4.10. The standard InChI is InChI=1S/C11H24O2/c1-4-7-9-11(13,8-5-2)10(12)6-3/h10,12-13H,4-9H2,1-3H3. The Morgan fingerprint density at radius 3 is 2.08 bits per heavy atom. The number of hydrogen-bond donors (Lipinski definition) is 2. The van der Waals surface area contributed by atoms with Crippen molar-refractivity contribution >= 4 is 0 Å². The first-order valence-electron chi connectivity index (χ1n) is 5.51. The molecule has 0 spiro atoms. The minimum atomic E-state index is -0.834. The largest absolute Gasteiger partial charge is 0.390 e. The summed E-state index contributed by atoms with van der Waals surface area (Å²) in [5.41, 5.74) is -0.834. The summed E-state index contributed by atoms with van der Waals surface area (Å²) in [5, 5.41) is 19.8. The second-order valence-electron chi connectivity index (χ2n) is 3.88. The van der Waals surface area contributed by atoms with E-state index in [1.807, 2.05) is 13.8 Å². The molecule has 2 unspecified atom stereocenters. The molecule has 2 nitrogen and oxygen atoms in total. The van der Waals surface area contributed by atoms with E-state index in [4.69, 9.17) is 0 Å². The fourth-order valence-electron chi connectivity index (χ4n) is 1.75. The Kier molecular flexibility index (Phi) is 6.35. The number of aliphatic hydroxyl groups excluding tert-OH is 1. The van der Waals surface area contributed by atoms with Gasteiger partial charge in [-0.15, -0.1) is 0 Å². The molecular weight excluding hydrogens is 164 g/mol.